The van der Waals surface area contributed by atoms with Gasteiger partial charge in [0.05, 0.1) is 24.7 Å². The molecule has 25 heavy (non-hydrogen) atoms. The van der Waals surface area contributed by atoms with Crippen molar-refractivity contribution in [3.05, 3.63) is 48.0 Å². The number of hydrogen-bond acceptors (Lipinski definition) is 3. The van der Waals surface area contributed by atoms with Crippen LogP contribution in [-0.4, -0.2) is 24.0 Å². The van der Waals surface area contributed by atoms with E-state index < -0.39 is 6.04 Å². The van der Waals surface area contributed by atoms with Crippen molar-refractivity contribution in [2.24, 2.45) is 5.92 Å². The summed E-state index contributed by atoms with van der Waals surface area (Å²) >= 11 is 0. The maximum absolute atomic E-state index is 12.6. The highest BCUT2D eigenvalue weighted by Crippen LogP contribution is 2.32. The molecule has 1 aliphatic heterocycles. The van der Waals surface area contributed by atoms with Crippen molar-refractivity contribution in [3.8, 4) is 0 Å². The van der Waals surface area contributed by atoms with E-state index in [4.69, 9.17) is 0 Å². The van der Waals surface area contributed by atoms with Crippen LogP contribution in [0.5, 0.6) is 0 Å². The van der Waals surface area contributed by atoms with Gasteiger partial charge in [-0.1, -0.05) is 36.4 Å². The molecule has 2 fully saturated rings. The lowest BCUT2D eigenvalue weighted by Gasteiger charge is -2.31. The third kappa shape index (κ3) is 3.51. The number of hydrogen-bond donors (Lipinski definition) is 3. The Morgan fingerprint density at radius 1 is 1.16 bits per heavy atom. The Labute approximate surface area is 147 Å². The number of rotatable bonds is 4. The molecule has 3 atom stereocenters. The van der Waals surface area contributed by atoms with Crippen molar-refractivity contribution in [1.29, 1.82) is 0 Å². The fraction of sp³-hybridized carbons (Fsp3) is 0.400. The smallest absolute Gasteiger partial charge is 0.238 e. The molecule has 4 rings (SSSR count). The van der Waals surface area contributed by atoms with Crippen molar-refractivity contribution in [1.82, 2.24) is 16.0 Å². The van der Waals surface area contributed by atoms with Gasteiger partial charge in [-0.05, 0) is 48.1 Å². The lowest BCUT2D eigenvalue weighted by Crippen LogP contribution is -2.61. The van der Waals surface area contributed by atoms with Gasteiger partial charge in [-0.3, -0.25) is 14.9 Å². The summed E-state index contributed by atoms with van der Waals surface area (Å²) in [5.41, 5.74) is 1.06. The van der Waals surface area contributed by atoms with Crippen LogP contribution < -0.4 is 16.0 Å². The number of fused-ring (bicyclic) bond motifs is 1. The molecule has 2 amide bonds. The zero-order chi connectivity index (χ0) is 17.4. The topological polar surface area (TPSA) is 70.2 Å². The van der Waals surface area contributed by atoms with Crippen molar-refractivity contribution < 1.29 is 9.59 Å². The second-order valence-electron chi connectivity index (χ2n) is 7.14. The van der Waals surface area contributed by atoms with Gasteiger partial charge in [0.25, 0.3) is 0 Å². The monoisotopic (exact) mass is 337 g/mol. The molecular formula is C20H23N3O2. The molecule has 2 aromatic carbocycles. The second kappa shape index (κ2) is 6.48. The van der Waals surface area contributed by atoms with E-state index in [1.54, 1.807) is 0 Å². The van der Waals surface area contributed by atoms with E-state index >= 15 is 0 Å². The maximum atomic E-state index is 12.6. The SMILES string of the molecule is C[C@@H](NC(=O)C1CC(=O)NC(C2CC2)N1)c1ccc2ccccc2c1. The number of carbonyl (C=O) groups excluding carboxylic acids is 2. The number of amides is 2. The normalized spacial score (nSPS) is 24.6. The van der Waals surface area contributed by atoms with E-state index in [2.05, 4.69) is 40.2 Å². The van der Waals surface area contributed by atoms with Crippen molar-refractivity contribution in [3.63, 3.8) is 0 Å². The van der Waals surface area contributed by atoms with Crippen molar-refractivity contribution >= 4 is 22.6 Å². The summed E-state index contributed by atoms with van der Waals surface area (Å²) in [6.07, 6.45) is 2.35. The zero-order valence-electron chi connectivity index (χ0n) is 14.3. The molecule has 1 saturated carbocycles. The Kier molecular flexibility index (Phi) is 4.17. The first-order valence-electron chi connectivity index (χ1n) is 8.94. The fourth-order valence-electron chi connectivity index (χ4n) is 3.46. The van der Waals surface area contributed by atoms with Crippen molar-refractivity contribution in [2.45, 2.75) is 44.4 Å². The first kappa shape index (κ1) is 16.1. The minimum Gasteiger partial charge on any atom is -0.348 e. The third-order valence-electron chi connectivity index (χ3n) is 5.13. The molecule has 2 aromatic rings. The second-order valence-corrected chi connectivity index (χ2v) is 7.14. The summed E-state index contributed by atoms with van der Waals surface area (Å²) in [7, 11) is 0. The van der Waals surface area contributed by atoms with Crippen LogP contribution in [0.3, 0.4) is 0 Å². The van der Waals surface area contributed by atoms with E-state index in [1.165, 1.54) is 5.39 Å². The quantitative estimate of drug-likeness (QED) is 0.801. The molecule has 2 aliphatic rings. The van der Waals surface area contributed by atoms with Crippen LogP contribution in [0.4, 0.5) is 0 Å². The lowest BCUT2D eigenvalue weighted by atomic mass is 10.0. The molecule has 3 N–H and O–H groups in total. The predicted octanol–water partition coefficient (Wildman–Crippen LogP) is 2.23. The Morgan fingerprint density at radius 3 is 2.68 bits per heavy atom. The number of benzene rings is 2. The van der Waals surface area contributed by atoms with E-state index in [0.717, 1.165) is 23.8 Å². The molecule has 5 heteroatoms. The molecule has 2 unspecified atom stereocenters. The molecule has 5 nitrogen and oxygen atoms in total. The van der Waals surface area contributed by atoms with Crippen LogP contribution in [0, 0.1) is 5.92 Å². The Morgan fingerprint density at radius 2 is 1.92 bits per heavy atom. The third-order valence-corrected chi connectivity index (χ3v) is 5.13. The van der Waals surface area contributed by atoms with Crippen LogP contribution in [0.2, 0.25) is 0 Å². The first-order valence-corrected chi connectivity index (χ1v) is 8.94. The van der Waals surface area contributed by atoms with Gasteiger partial charge in [0.2, 0.25) is 11.8 Å². The van der Waals surface area contributed by atoms with Crippen LogP contribution in [0.1, 0.15) is 37.8 Å². The van der Waals surface area contributed by atoms with Crippen LogP contribution >= 0.6 is 0 Å². The molecule has 1 aliphatic carbocycles. The average Bonchev–Trinajstić information content (AvgIpc) is 3.46. The summed E-state index contributed by atoms with van der Waals surface area (Å²) in [4.78, 5) is 24.5. The predicted molar refractivity (Wildman–Crippen MR) is 96.7 cm³/mol. The Balaban J connectivity index is 1.44. The van der Waals surface area contributed by atoms with Gasteiger partial charge in [0.15, 0.2) is 0 Å². The van der Waals surface area contributed by atoms with Gasteiger partial charge >= 0.3 is 0 Å². The van der Waals surface area contributed by atoms with E-state index in [9.17, 15) is 9.59 Å². The number of carbonyl (C=O) groups is 2. The van der Waals surface area contributed by atoms with Gasteiger partial charge in [0.1, 0.15) is 0 Å². The summed E-state index contributed by atoms with van der Waals surface area (Å²) in [6, 6.07) is 13.8. The molecule has 0 bridgehead atoms. The molecule has 0 spiro atoms. The zero-order valence-corrected chi connectivity index (χ0v) is 14.3. The van der Waals surface area contributed by atoms with E-state index in [0.29, 0.717) is 5.92 Å². The summed E-state index contributed by atoms with van der Waals surface area (Å²) in [5, 5.41) is 11.6. The lowest BCUT2D eigenvalue weighted by molar-refractivity contribution is -0.132. The highest BCUT2D eigenvalue weighted by molar-refractivity contribution is 5.90. The molecule has 1 saturated heterocycles. The molecule has 0 aromatic heterocycles. The van der Waals surface area contributed by atoms with Crippen LogP contribution in [-0.2, 0) is 9.59 Å². The number of nitrogens with one attached hydrogen (secondary N) is 3. The van der Waals surface area contributed by atoms with Crippen molar-refractivity contribution in [2.75, 3.05) is 0 Å². The minimum atomic E-state index is -0.456. The van der Waals surface area contributed by atoms with Gasteiger partial charge in [-0.2, -0.15) is 0 Å². The summed E-state index contributed by atoms with van der Waals surface area (Å²) in [5.74, 6) is 0.313. The Bertz CT molecular complexity index is 815. The summed E-state index contributed by atoms with van der Waals surface area (Å²) in [6.45, 7) is 1.98. The average molecular weight is 337 g/mol. The molecule has 0 radical (unpaired) electrons. The van der Waals surface area contributed by atoms with Crippen LogP contribution in [0.15, 0.2) is 42.5 Å². The first-order chi connectivity index (χ1) is 12.1. The standard InChI is InChI=1S/C20H23N3O2/c1-12(15-9-6-13-4-2-3-5-16(13)10-15)21-20(25)17-11-18(24)23-19(22-17)14-7-8-14/h2-6,9-10,12,14,17,19,22H,7-8,11H2,1H3,(H,21,25)(H,23,24)/t12-,17?,19?/m1/s1. The fourth-order valence-corrected chi connectivity index (χ4v) is 3.46. The maximum Gasteiger partial charge on any atom is 0.238 e. The van der Waals surface area contributed by atoms with Gasteiger partial charge < -0.3 is 10.6 Å². The summed E-state index contributed by atoms with van der Waals surface area (Å²) < 4.78 is 0. The van der Waals surface area contributed by atoms with Gasteiger partial charge in [-0.15, -0.1) is 0 Å². The minimum absolute atomic E-state index is 0.0471. The molecule has 1 heterocycles. The largest absolute Gasteiger partial charge is 0.348 e. The van der Waals surface area contributed by atoms with Gasteiger partial charge in [0, 0.05) is 0 Å². The highest BCUT2D eigenvalue weighted by Gasteiger charge is 2.39. The van der Waals surface area contributed by atoms with Crippen LogP contribution in [0.25, 0.3) is 10.8 Å². The van der Waals surface area contributed by atoms with E-state index in [1.807, 2.05) is 25.1 Å². The molecule has 130 valence electrons. The molecular weight excluding hydrogens is 314 g/mol. The highest BCUT2D eigenvalue weighted by atomic mass is 16.2. The Hall–Kier alpha value is -2.40. The van der Waals surface area contributed by atoms with E-state index in [-0.39, 0.29) is 30.4 Å². The van der Waals surface area contributed by atoms with Gasteiger partial charge in [-0.25, -0.2) is 0 Å².